The molecule has 1 aromatic heterocycles. The fourth-order valence-electron chi connectivity index (χ4n) is 3.55. The zero-order valence-corrected chi connectivity index (χ0v) is 18.9. The Hall–Kier alpha value is -2.66. The fourth-order valence-corrected chi connectivity index (χ4v) is 3.94. The van der Waals surface area contributed by atoms with Gasteiger partial charge in [-0.3, -0.25) is 4.79 Å². The van der Waals surface area contributed by atoms with Gasteiger partial charge in [0.2, 0.25) is 5.91 Å². The molecule has 1 saturated carbocycles. The minimum atomic E-state index is -0.0464. The fraction of sp³-hybridized carbons (Fsp3) is 0.280. The predicted molar refractivity (Wildman–Crippen MR) is 124 cm³/mol. The maximum Gasteiger partial charge on any atom is 0.243 e. The van der Waals surface area contributed by atoms with E-state index in [1.54, 1.807) is 0 Å². The van der Waals surface area contributed by atoms with Crippen LogP contribution in [0.1, 0.15) is 50.0 Å². The lowest BCUT2D eigenvalue weighted by atomic mass is 9.86. The van der Waals surface area contributed by atoms with Gasteiger partial charge in [-0.15, -0.1) is 0 Å². The summed E-state index contributed by atoms with van der Waals surface area (Å²) in [6.45, 7) is 6.61. The molecule has 1 heterocycles. The van der Waals surface area contributed by atoms with Crippen LogP contribution >= 0.6 is 15.9 Å². The number of rotatable bonds is 5. The molecule has 3 aromatic rings. The van der Waals surface area contributed by atoms with Crippen LogP contribution in [0.3, 0.4) is 0 Å². The monoisotopic (exact) mass is 464 g/mol. The Balaban J connectivity index is 1.32. The van der Waals surface area contributed by atoms with Crippen LogP contribution in [0.5, 0.6) is 0 Å². The Morgan fingerprint density at radius 3 is 2.60 bits per heavy atom. The number of nitrogens with one attached hydrogen (secondary N) is 1. The van der Waals surface area contributed by atoms with Crippen molar-refractivity contribution < 1.29 is 9.21 Å². The van der Waals surface area contributed by atoms with Crippen LogP contribution in [0.15, 0.2) is 74.7 Å². The van der Waals surface area contributed by atoms with E-state index in [2.05, 4.69) is 71.5 Å². The molecule has 1 amide bonds. The van der Waals surface area contributed by atoms with Crippen LogP contribution in [0, 0.1) is 5.92 Å². The number of hydrogen-bond acceptors (Lipinski definition) is 3. The minimum absolute atomic E-state index is 0.0172. The highest BCUT2D eigenvalue weighted by Crippen LogP contribution is 2.47. The summed E-state index contributed by atoms with van der Waals surface area (Å²) in [5.74, 6) is 1.56. The molecule has 154 valence electrons. The molecule has 0 unspecified atom stereocenters. The molecular weight excluding hydrogens is 440 g/mol. The van der Waals surface area contributed by atoms with Crippen LogP contribution in [0.2, 0.25) is 0 Å². The summed E-state index contributed by atoms with van der Waals surface area (Å²) in [5.41, 5.74) is 6.29. The maximum absolute atomic E-state index is 12.4. The maximum atomic E-state index is 12.4. The van der Waals surface area contributed by atoms with Crippen LogP contribution in [0.25, 0.3) is 11.3 Å². The summed E-state index contributed by atoms with van der Waals surface area (Å²) in [4.78, 5) is 12.4. The molecule has 4 nitrogen and oxygen atoms in total. The molecule has 0 saturated heterocycles. The van der Waals surface area contributed by atoms with Gasteiger partial charge in [-0.25, -0.2) is 5.43 Å². The summed E-state index contributed by atoms with van der Waals surface area (Å²) < 4.78 is 6.78. The Kier molecular flexibility index (Phi) is 5.65. The highest BCUT2D eigenvalue weighted by atomic mass is 79.9. The largest absolute Gasteiger partial charge is 0.455 e. The number of carbonyl (C=O) groups excluding carboxylic acids is 1. The zero-order valence-electron chi connectivity index (χ0n) is 17.4. The Bertz CT molecular complexity index is 1080. The van der Waals surface area contributed by atoms with E-state index < -0.39 is 0 Å². The number of furan rings is 1. The third kappa shape index (κ3) is 4.73. The lowest BCUT2D eigenvalue weighted by Crippen LogP contribution is -2.20. The van der Waals surface area contributed by atoms with Crippen molar-refractivity contribution in [3.63, 3.8) is 0 Å². The van der Waals surface area contributed by atoms with Gasteiger partial charge in [0.15, 0.2) is 0 Å². The Labute approximate surface area is 185 Å². The third-order valence-corrected chi connectivity index (χ3v) is 5.93. The molecule has 1 aliphatic carbocycles. The second-order valence-corrected chi connectivity index (χ2v) is 9.68. The summed E-state index contributed by atoms with van der Waals surface area (Å²) >= 11 is 3.46. The van der Waals surface area contributed by atoms with Crippen molar-refractivity contribution in [3.8, 4) is 11.3 Å². The lowest BCUT2D eigenvalue weighted by molar-refractivity contribution is -0.122. The number of halogens is 1. The molecule has 30 heavy (non-hydrogen) atoms. The van der Waals surface area contributed by atoms with Crippen molar-refractivity contribution in [1.82, 2.24) is 5.43 Å². The topological polar surface area (TPSA) is 54.6 Å². The first-order valence-electron chi connectivity index (χ1n) is 10.1. The first-order valence-corrected chi connectivity index (χ1v) is 10.9. The smallest absolute Gasteiger partial charge is 0.243 e. The van der Waals surface area contributed by atoms with E-state index in [1.807, 2.05) is 36.4 Å². The van der Waals surface area contributed by atoms with E-state index in [4.69, 9.17) is 4.42 Å². The van der Waals surface area contributed by atoms with Gasteiger partial charge in [0.1, 0.15) is 11.5 Å². The van der Waals surface area contributed by atoms with E-state index in [0.29, 0.717) is 5.76 Å². The predicted octanol–water partition coefficient (Wildman–Crippen LogP) is 6.26. The van der Waals surface area contributed by atoms with Gasteiger partial charge in [0.25, 0.3) is 0 Å². The van der Waals surface area contributed by atoms with E-state index in [0.717, 1.165) is 22.2 Å². The number of amides is 1. The second kappa shape index (κ2) is 8.23. The Morgan fingerprint density at radius 2 is 1.90 bits per heavy atom. The van der Waals surface area contributed by atoms with Crippen LogP contribution < -0.4 is 5.43 Å². The molecule has 2 aromatic carbocycles. The highest BCUT2D eigenvalue weighted by molar-refractivity contribution is 9.10. The van der Waals surface area contributed by atoms with Crippen molar-refractivity contribution in [2.45, 2.75) is 38.5 Å². The van der Waals surface area contributed by atoms with Crippen molar-refractivity contribution in [2.24, 2.45) is 11.0 Å². The average Bonchev–Trinajstić information content (AvgIpc) is 3.38. The van der Waals surface area contributed by atoms with Gasteiger partial charge in [-0.1, -0.05) is 73.1 Å². The van der Waals surface area contributed by atoms with Crippen molar-refractivity contribution in [2.75, 3.05) is 0 Å². The van der Waals surface area contributed by atoms with Crippen LogP contribution in [-0.4, -0.2) is 12.1 Å². The normalized spacial score (nSPS) is 18.5. The number of nitrogens with zero attached hydrogens (tertiary/aromatic N) is 1. The lowest BCUT2D eigenvalue weighted by Gasteiger charge is -2.19. The zero-order chi connectivity index (χ0) is 21.3. The van der Waals surface area contributed by atoms with Gasteiger partial charge in [-0.2, -0.15) is 5.10 Å². The van der Waals surface area contributed by atoms with E-state index in [-0.39, 0.29) is 23.2 Å². The number of hydrogen-bond donors (Lipinski definition) is 1. The van der Waals surface area contributed by atoms with Crippen molar-refractivity contribution in [1.29, 1.82) is 0 Å². The molecule has 0 radical (unpaired) electrons. The molecule has 2 atom stereocenters. The quantitative estimate of drug-likeness (QED) is 0.357. The van der Waals surface area contributed by atoms with E-state index in [9.17, 15) is 4.79 Å². The minimum Gasteiger partial charge on any atom is -0.455 e. The molecule has 4 rings (SSSR count). The highest BCUT2D eigenvalue weighted by Gasteiger charge is 2.44. The SMILES string of the molecule is CC(C)(C)c1ccc([C@H]2C[C@H]2C(=O)N/N=C/c2ccc(-c3cccc(Br)c3)o2)cc1. The summed E-state index contributed by atoms with van der Waals surface area (Å²) in [6.07, 6.45) is 2.40. The van der Waals surface area contributed by atoms with Crippen molar-refractivity contribution >= 4 is 28.1 Å². The van der Waals surface area contributed by atoms with Gasteiger partial charge >= 0.3 is 0 Å². The molecule has 0 bridgehead atoms. The van der Waals surface area contributed by atoms with Crippen LogP contribution in [-0.2, 0) is 10.2 Å². The average molecular weight is 465 g/mol. The molecule has 1 fully saturated rings. The second-order valence-electron chi connectivity index (χ2n) is 8.77. The molecule has 1 aliphatic rings. The third-order valence-electron chi connectivity index (χ3n) is 5.43. The first kappa shape index (κ1) is 20.6. The molecule has 0 aliphatic heterocycles. The van der Waals surface area contributed by atoms with Gasteiger partial charge in [-0.05, 0) is 53.1 Å². The number of benzene rings is 2. The summed E-state index contributed by atoms with van der Waals surface area (Å²) in [6, 6.07) is 20.2. The molecule has 0 spiro atoms. The summed E-state index contributed by atoms with van der Waals surface area (Å²) in [7, 11) is 0. The molecule has 1 N–H and O–H groups in total. The van der Waals surface area contributed by atoms with Gasteiger partial charge in [0, 0.05) is 16.0 Å². The van der Waals surface area contributed by atoms with Crippen LogP contribution in [0.4, 0.5) is 0 Å². The summed E-state index contributed by atoms with van der Waals surface area (Å²) in [5, 5.41) is 4.07. The first-order chi connectivity index (χ1) is 14.3. The van der Waals surface area contributed by atoms with Gasteiger partial charge < -0.3 is 4.42 Å². The van der Waals surface area contributed by atoms with E-state index >= 15 is 0 Å². The molecule has 5 heteroatoms. The van der Waals surface area contributed by atoms with Gasteiger partial charge in [0.05, 0.1) is 6.21 Å². The Morgan fingerprint density at radius 1 is 1.13 bits per heavy atom. The van der Waals surface area contributed by atoms with E-state index in [1.165, 1.54) is 17.3 Å². The number of carbonyl (C=O) groups is 1. The standard InChI is InChI=1S/C25H25BrN2O2/c1-25(2,3)18-9-7-16(8-10-18)21-14-22(21)24(29)28-27-15-20-11-12-23(30-20)17-5-4-6-19(26)13-17/h4-13,15,21-22H,14H2,1-3H3,(H,28,29)/b27-15+/t21-,22-/m1/s1. The molecular formula is C25H25BrN2O2. The van der Waals surface area contributed by atoms with Crippen molar-refractivity contribution in [3.05, 3.63) is 82.0 Å². The number of hydrazone groups is 1.